The van der Waals surface area contributed by atoms with Crippen LogP contribution in [0, 0.1) is 0 Å². The van der Waals surface area contributed by atoms with E-state index in [1.54, 1.807) is 35.6 Å². The van der Waals surface area contributed by atoms with Crippen molar-refractivity contribution in [2.24, 2.45) is 0 Å². The Labute approximate surface area is 121 Å². The lowest BCUT2D eigenvalue weighted by molar-refractivity contribution is 0.0933. The van der Waals surface area contributed by atoms with Crippen molar-refractivity contribution < 1.29 is 9.90 Å². The number of hydrogen-bond donors (Lipinski definition) is 2. The minimum atomic E-state index is -0.0711. The van der Waals surface area contributed by atoms with E-state index in [1.807, 2.05) is 5.51 Å². The van der Waals surface area contributed by atoms with E-state index >= 15 is 0 Å². The standard InChI is InChI=1S/C15H16N2O2S/c18-8-10-2-1-3-11(6-10)15(19)17-12-4-5-13-14(7-12)20-9-16-13/h1-3,6,9,12,18H,4-5,7-8H2,(H,17,19)/t12-/m0/s1. The molecule has 5 heteroatoms. The first kappa shape index (κ1) is 13.3. The Morgan fingerprint density at radius 3 is 3.25 bits per heavy atom. The van der Waals surface area contributed by atoms with E-state index in [-0.39, 0.29) is 18.6 Å². The highest BCUT2D eigenvalue weighted by Gasteiger charge is 2.22. The molecular weight excluding hydrogens is 272 g/mol. The number of nitrogens with one attached hydrogen (secondary N) is 1. The van der Waals surface area contributed by atoms with Gasteiger partial charge in [0.1, 0.15) is 0 Å². The topological polar surface area (TPSA) is 62.2 Å². The first-order chi connectivity index (χ1) is 9.76. The number of fused-ring (bicyclic) bond motifs is 1. The number of hydrogen-bond acceptors (Lipinski definition) is 4. The average molecular weight is 288 g/mol. The minimum absolute atomic E-state index is 0.0469. The highest BCUT2D eigenvalue weighted by molar-refractivity contribution is 7.09. The Bertz CT molecular complexity index is 624. The van der Waals surface area contributed by atoms with E-state index in [0.717, 1.165) is 24.8 Å². The summed E-state index contributed by atoms with van der Waals surface area (Å²) < 4.78 is 0. The van der Waals surface area contributed by atoms with Crippen LogP contribution in [-0.2, 0) is 19.4 Å². The average Bonchev–Trinajstić information content (AvgIpc) is 2.95. The van der Waals surface area contributed by atoms with E-state index in [4.69, 9.17) is 5.11 Å². The van der Waals surface area contributed by atoms with E-state index in [0.29, 0.717) is 5.56 Å². The molecule has 1 amide bonds. The van der Waals surface area contributed by atoms with Crippen LogP contribution < -0.4 is 5.32 Å². The number of aryl methyl sites for hydroxylation is 1. The second-order valence-corrected chi connectivity index (χ2v) is 5.93. The van der Waals surface area contributed by atoms with Crippen molar-refractivity contribution in [2.75, 3.05) is 0 Å². The normalized spacial score (nSPS) is 17.6. The molecule has 1 aromatic carbocycles. The summed E-state index contributed by atoms with van der Waals surface area (Å²) in [5, 5.41) is 12.2. The van der Waals surface area contributed by atoms with Crippen molar-refractivity contribution in [2.45, 2.75) is 31.9 Å². The van der Waals surface area contributed by atoms with Gasteiger partial charge in [0.15, 0.2) is 0 Å². The fraction of sp³-hybridized carbons (Fsp3) is 0.333. The van der Waals surface area contributed by atoms with Gasteiger partial charge >= 0.3 is 0 Å². The molecule has 2 aromatic rings. The van der Waals surface area contributed by atoms with Crippen molar-refractivity contribution in [3.63, 3.8) is 0 Å². The Hall–Kier alpha value is -1.72. The third-order valence-corrected chi connectivity index (χ3v) is 4.49. The van der Waals surface area contributed by atoms with Crippen molar-refractivity contribution in [3.8, 4) is 0 Å². The second-order valence-electron chi connectivity index (χ2n) is 4.99. The predicted octanol–water partition coefficient (Wildman–Crippen LogP) is 1.92. The molecule has 104 valence electrons. The van der Waals surface area contributed by atoms with E-state index in [2.05, 4.69) is 10.3 Å². The summed E-state index contributed by atoms with van der Waals surface area (Å²) in [5.74, 6) is -0.0711. The molecule has 0 radical (unpaired) electrons. The van der Waals surface area contributed by atoms with Gasteiger partial charge in [-0.15, -0.1) is 11.3 Å². The zero-order valence-electron chi connectivity index (χ0n) is 11.0. The van der Waals surface area contributed by atoms with Crippen LogP contribution in [0.3, 0.4) is 0 Å². The van der Waals surface area contributed by atoms with Crippen LogP contribution in [0.25, 0.3) is 0 Å². The highest BCUT2D eigenvalue weighted by Crippen LogP contribution is 2.24. The van der Waals surface area contributed by atoms with Gasteiger partial charge in [-0.05, 0) is 30.5 Å². The molecule has 1 aromatic heterocycles. The van der Waals surface area contributed by atoms with Gasteiger partial charge in [-0.1, -0.05) is 12.1 Å². The number of amides is 1. The second kappa shape index (κ2) is 5.73. The van der Waals surface area contributed by atoms with Crippen LogP contribution in [0.4, 0.5) is 0 Å². The number of rotatable bonds is 3. The lowest BCUT2D eigenvalue weighted by atomic mass is 9.97. The Morgan fingerprint density at radius 1 is 1.50 bits per heavy atom. The molecule has 0 fully saturated rings. The van der Waals surface area contributed by atoms with Gasteiger partial charge in [-0.2, -0.15) is 0 Å². The van der Waals surface area contributed by atoms with Crippen LogP contribution in [0.15, 0.2) is 29.8 Å². The summed E-state index contributed by atoms with van der Waals surface area (Å²) in [7, 11) is 0. The van der Waals surface area contributed by atoms with Gasteiger partial charge in [0.2, 0.25) is 0 Å². The van der Waals surface area contributed by atoms with Crippen LogP contribution in [0.1, 0.15) is 32.9 Å². The number of thiazole rings is 1. The summed E-state index contributed by atoms with van der Waals surface area (Å²) in [6.45, 7) is -0.0469. The zero-order chi connectivity index (χ0) is 13.9. The fourth-order valence-corrected chi connectivity index (χ4v) is 3.40. The number of benzene rings is 1. The Morgan fingerprint density at radius 2 is 2.40 bits per heavy atom. The van der Waals surface area contributed by atoms with Gasteiger partial charge in [0, 0.05) is 22.9 Å². The van der Waals surface area contributed by atoms with Gasteiger partial charge in [0.05, 0.1) is 17.8 Å². The van der Waals surface area contributed by atoms with Crippen LogP contribution >= 0.6 is 11.3 Å². The minimum Gasteiger partial charge on any atom is -0.392 e. The Kier molecular flexibility index (Phi) is 3.80. The molecule has 3 rings (SSSR count). The first-order valence-electron chi connectivity index (χ1n) is 6.68. The summed E-state index contributed by atoms with van der Waals surface area (Å²) in [4.78, 5) is 17.8. The molecule has 0 saturated carbocycles. The quantitative estimate of drug-likeness (QED) is 0.907. The molecule has 1 heterocycles. The molecule has 0 unspecified atom stereocenters. The molecule has 1 atom stereocenters. The van der Waals surface area contributed by atoms with Crippen molar-refractivity contribution in [1.29, 1.82) is 0 Å². The first-order valence-corrected chi connectivity index (χ1v) is 7.56. The summed E-state index contributed by atoms with van der Waals surface area (Å²) in [6, 6.07) is 7.28. The number of nitrogens with zero attached hydrogens (tertiary/aromatic N) is 1. The molecule has 1 aliphatic rings. The molecule has 2 N–H and O–H groups in total. The highest BCUT2D eigenvalue weighted by atomic mass is 32.1. The van der Waals surface area contributed by atoms with Crippen molar-refractivity contribution >= 4 is 17.2 Å². The maximum Gasteiger partial charge on any atom is 0.251 e. The van der Waals surface area contributed by atoms with Crippen LogP contribution in [0.5, 0.6) is 0 Å². The maximum absolute atomic E-state index is 12.2. The smallest absolute Gasteiger partial charge is 0.251 e. The number of carbonyl (C=O) groups excluding carboxylic acids is 1. The monoisotopic (exact) mass is 288 g/mol. The summed E-state index contributed by atoms with van der Waals surface area (Å²) in [5.41, 5.74) is 4.42. The van der Waals surface area contributed by atoms with Crippen molar-refractivity contribution in [3.05, 3.63) is 51.5 Å². The largest absolute Gasteiger partial charge is 0.392 e. The molecule has 4 nitrogen and oxygen atoms in total. The van der Waals surface area contributed by atoms with E-state index < -0.39 is 0 Å². The molecule has 0 saturated heterocycles. The lowest BCUT2D eigenvalue weighted by Gasteiger charge is -2.22. The molecular formula is C15H16N2O2S. The molecule has 0 spiro atoms. The SMILES string of the molecule is O=C(N[C@H]1CCc2ncsc2C1)c1cccc(CO)c1. The number of aliphatic hydroxyl groups is 1. The molecule has 0 aliphatic heterocycles. The third kappa shape index (κ3) is 2.73. The van der Waals surface area contributed by atoms with Crippen LogP contribution in [0.2, 0.25) is 0 Å². The fourth-order valence-electron chi connectivity index (χ4n) is 2.50. The van der Waals surface area contributed by atoms with Gasteiger partial charge in [-0.25, -0.2) is 4.98 Å². The van der Waals surface area contributed by atoms with Gasteiger partial charge < -0.3 is 10.4 Å². The van der Waals surface area contributed by atoms with Gasteiger partial charge in [-0.3, -0.25) is 4.79 Å². The van der Waals surface area contributed by atoms with Crippen molar-refractivity contribution in [1.82, 2.24) is 10.3 Å². The molecule has 0 bridgehead atoms. The molecule has 1 aliphatic carbocycles. The van der Waals surface area contributed by atoms with E-state index in [9.17, 15) is 4.79 Å². The van der Waals surface area contributed by atoms with E-state index in [1.165, 1.54) is 10.6 Å². The zero-order valence-corrected chi connectivity index (χ0v) is 11.8. The summed E-state index contributed by atoms with van der Waals surface area (Å²) in [6.07, 6.45) is 2.73. The Balaban J connectivity index is 1.67. The number of aliphatic hydroxyl groups excluding tert-OH is 1. The maximum atomic E-state index is 12.2. The third-order valence-electron chi connectivity index (χ3n) is 3.59. The summed E-state index contributed by atoms with van der Waals surface area (Å²) >= 11 is 1.66. The number of aromatic nitrogens is 1. The molecule has 20 heavy (non-hydrogen) atoms. The number of carbonyl (C=O) groups is 1. The lowest BCUT2D eigenvalue weighted by Crippen LogP contribution is -2.38. The predicted molar refractivity (Wildman–Crippen MR) is 77.8 cm³/mol. The van der Waals surface area contributed by atoms with Gasteiger partial charge in [0.25, 0.3) is 5.91 Å². The van der Waals surface area contributed by atoms with Crippen LogP contribution in [-0.4, -0.2) is 22.0 Å².